The second-order valence-electron chi connectivity index (χ2n) is 5.05. The predicted octanol–water partition coefficient (Wildman–Crippen LogP) is 0.943. The van der Waals surface area contributed by atoms with E-state index in [4.69, 9.17) is 0 Å². The maximum atomic E-state index is 12.4. The summed E-state index contributed by atoms with van der Waals surface area (Å²) in [5.74, 6) is 0.0330. The molecule has 1 atom stereocenters. The molecule has 5 heteroatoms. The van der Waals surface area contributed by atoms with Crippen LogP contribution in [0.5, 0.6) is 0 Å². The van der Waals surface area contributed by atoms with Crippen molar-refractivity contribution in [3.8, 4) is 0 Å². The van der Waals surface area contributed by atoms with Gasteiger partial charge in [-0.3, -0.25) is 9.48 Å². The molecular weight excluding hydrogens is 228 g/mol. The summed E-state index contributed by atoms with van der Waals surface area (Å²) in [6.07, 6.45) is 3.22. The molecule has 100 valence electrons. The third-order valence-electron chi connectivity index (χ3n) is 3.75. The summed E-state index contributed by atoms with van der Waals surface area (Å²) in [4.78, 5) is 14.2. The number of carbonyl (C=O) groups excluding carboxylic acids is 1. The highest BCUT2D eigenvalue weighted by Crippen LogP contribution is 2.14. The second kappa shape index (κ2) is 5.52. The average Bonchev–Trinajstić information content (AvgIpc) is 2.61. The number of rotatable bonds is 2. The smallest absolute Gasteiger partial charge is 0.274 e. The Labute approximate surface area is 108 Å². The lowest BCUT2D eigenvalue weighted by Crippen LogP contribution is -2.37. The van der Waals surface area contributed by atoms with E-state index in [1.165, 1.54) is 0 Å². The van der Waals surface area contributed by atoms with Crippen LogP contribution < -0.4 is 5.32 Å². The first-order valence-electron chi connectivity index (χ1n) is 6.58. The second-order valence-corrected chi connectivity index (χ2v) is 5.05. The van der Waals surface area contributed by atoms with Crippen molar-refractivity contribution < 1.29 is 4.79 Å². The average molecular weight is 250 g/mol. The fourth-order valence-corrected chi connectivity index (χ4v) is 2.40. The van der Waals surface area contributed by atoms with Gasteiger partial charge in [-0.05, 0) is 45.3 Å². The molecule has 2 rings (SSSR count). The summed E-state index contributed by atoms with van der Waals surface area (Å²) in [5, 5.41) is 7.63. The Kier molecular flexibility index (Phi) is 4.01. The number of amides is 1. The molecule has 1 N–H and O–H groups in total. The summed E-state index contributed by atoms with van der Waals surface area (Å²) in [7, 11) is 3.75. The molecule has 2 heterocycles. The fraction of sp³-hybridized carbons (Fsp3) is 0.692. The van der Waals surface area contributed by atoms with Crippen LogP contribution >= 0.6 is 0 Å². The number of aromatic nitrogens is 2. The van der Waals surface area contributed by atoms with E-state index < -0.39 is 0 Å². The van der Waals surface area contributed by atoms with Crippen LogP contribution in [0, 0.1) is 6.92 Å². The lowest BCUT2D eigenvalue weighted by atomic mass is 10.1. The molecule has 1 aromatic heterocycles. The topological polar surface area (TPSA) is 50.2 Å². The van der Waals surface area contributed by atoms with E-state index in [0.29, 0.717) is 11.7 Å². The van der Waals surface area contributed by atoms with Crippen molar-refractivity contribution >= 4 is 5.91 Å². The zero-order valence-electron chi connectivity index (χ0n) is 11.4. The van der Waals surface area contributed by atoms with Crippen LogP contribution in [-0.2, 0) is 7.05 Å². The molecule has 1 fully saturated rings. The van der Waals surface area contributed by atoms with Crippen LogP contribution in [0.4, 0.5) is 0 Å². The van der Waals surface area contributed by atoms with E-state index in [-0.39, 0.29) is 5.91 Å². The number of nitrogens with zero attached hydrogens (tertiary/aromatic N) is 3. The minimum absolute atomic E-state index is 0.0330. The number of hydrogen-bond acceptors (Lipinski definition) is 3. The minimum atomic E-state index is 0.0330. The highest BCUT2D eigenvalue weighted by molar-refractivity contribution is 5.92. The number of aryl methyl sites for hydroxylation is 2. The lowest BCUT2D eigenvalue weighted by Gasteiger charge is -2.26. The van der Waals surface area contributed by atoms with E-state index in [1.54, 1.807) is 4.68 Å². The largest absolute Gasteiger partial charge is 0.337 e. The molecule has 1 aliphatic rings. The predicted molar refractivity (Wildman–Crippen MR) is 70.5 cm³/mol. The SMILES string of the molecule is Cc1cc(C(=O)N(C)C2CCCNCC2)nn1C. The van der Waals surface area contributed by atoms with Gasteiger partial charge in [-0.15, -0.1) is 0 Å². The van der Waals surface area contributed by atoms with Crippen molar-refractivity contribution in [1.82, 2.24) is 20.0 Å². The van der Waals surface area contributed by atoms with E-state index in [2.05, 4.69) is 10.4 Å². The van der Waals surface area contributed by atoms with Gasteiger partial charge in [0.1, 0.15) is 0 Å². The van der Waals surface area contributed by atoms with Crippen molar-refractivity contribution in [3.05, 3.63) is 17.5 Å². The van der Waals surface area contributed by atoms with Crippen molar-refractivity contribution in [2.24, 2.45) is 7.05 Å². The van der Waals surface area contributed by atoms with Crippen molar-refractivity contribution in [2.45, 2.75) is 32.2 Å². The number of hydrogen-bond donors (Lipinski definition) is 1. The first-order valence-corrected chi connectivity index (χ1v) is 6.58. The van der Waals surface area contributed by atoms with Crippen molar-refractivity contribution in [3.63, 3.8) is 0 Å². The first-order chi connectivity index (χ1) is 8.59. The van der Waals surface area contributed by atoms with Crippen LogP contribution in [0.1, 0.15) is 35.4 Å². The van der Waals surface area contributed by atoms with Gasteiger partial charge in [-0.2, -0.15) is 5.10 Å². The van der Waals surface area contributed by atoms with Gasteiger partial charge in [-0.25, -0.2) is 0 Å². The normalized spacial score (nSPS) is 20.5. The standard InChI is InChI=1S/C13H22N4O/c1-10-9-12(15-17(10)3)13(18)16(2)11-5-4-7-14-8-6-11/h9,11,14H,4-8H2,1-3H3. The van der Waals surface area contributed by atoms with E-state index in [0.717, 1.165) is 38.0 Å². The molecule has 1 amide bonds. The third-order valence-corrected chi connectivity index (χ3v) is 3.75. The molecule has 0 aromatic carbocycles. The molecule has 0 saturated carbocycles. The quantitative estimate of drug-likeness (QED) is 0.850. The molecule has 18 heavy (non-hydrogen) atoms. The van der Waals surface area contributed by atoms with Gasteiger partial charge in [0.25, 0.3) is 5.91 Å². The molecule has 1 aromatic rings. The molecular formula is C13H22N4O. The molecule has 1 saturated heterocycles. The summed E-state index contributed by atoms with van der Waals surface area (Å²) in [5.41, 5.74) is 1.56. The van der Waals surface area contributed by atoms with Gasteiger partial charge in [0.05, 0.1) is 0 Å². The van der Waals surface area contributed by atoms with Gasteiger partial charge in [-0.1, -0.05) is 0 Å². The zero-order chi connectivity index (χ0) is 13.1. The number of nitrogens with one attached hydrogen (secondary N) is 1. The summed E-state index contributed by atoms with van der Waals surface area (Å²) in [6.45, 7) is 4.00. The number of carbonyl (C=O) groups is 1. The van der Waals surface area contributed by atoms with Gasteiger partial charge >= 0.3 is 0 Å². The summed E-state index contributed by atoms with van der Waals surface area (Å²) >= 11 is 0. The van der Waals surface area contributed by atoms with E-state index in [1.807, 2.05) is 32.0 Å². The highest BCUT2D eigenvalue weighted by Gasteiger charge is 2.23. The van der Waals surface area contributed by atoms with Gasteiger partial charge < -0.3 is 10.2 Å². The Morgan fingerprint density at radius 1 is 1.50 bits per heavy atom. The Morgan fingerprint density at radius 2 is 2.28 bits per heavy atom. The van der Waals surface area contributed by atoms with Crippen LogP contribution in [0.3, 0.4) is 0 Å². The Hall–Kier alpha value is -1.36. The Morgan fingerprint density at radius 3 is 2.94 bits per heavy atom. The van der Waals surface area contributed by atoms with E-state index in [9.17, 15) is 4.79 Å². The third kappa shape index (κ3) is 2.72. The minimum Gasteiger partial charge on any atom is -0.337 e. The molecule has 0 aliphatic carbocycles. The van der Waals surface area contributed by atoms with Gasteiger partial charge in [0, 0.05) is 25.8 Å². The maximum Gasteiger partial charge on any atom is 0.274 e. The van der Waals surface area contributed by atoms with Crippen LogP contribution in [0.25, 0.3) is 0 Å². The van der Waals surface area contributed by atoms with Crippen LogP contribution in [-0.4, -0.2) is 46.8 Å². The summed E-state index contributed by atoms with van der Waals surface area (Å²) in [6, 6.07) is 2.18. The van der Waals surface area contributed by atoms with E-state index >= 15 is 0 Å². The van der Waals surface area contributed by atoms with Crippen molar-refractivity contribution in [2.75, 3.05) is 20.1 Å². The molecule has 1 unspecified atom stereocenters. The first kappa shape index (κ1) is 13.1. The van der Waals surface area contributed by atoms with Crippen LogP contribution in [0.15, 0.2) is 6.07 Å². The maximum absolute atomic E-state index is 12.4. The van der Waals surface area contributed by atoms with Gasteiger partial charge in [0.15, 0.2) is 5.69 Å². The molecule has 1 aliphatic heterocycles. The highest BCUT2D eigenvalue weighted by atomic mass is 16.2. The van der Waals surface area contributed by atoms with Gasteiger partial charge in [0.2, 0.25) is 0 Å². The summed E-state index contributed by atoms with van der Waals surface area (Å²) < 4.78 is 1.75. The molecule has 0 bridgehead atoms. The Balaban J connectivity index is 2.07. The Bertz CT molecular complexity index is 399. The van der Waals surface area contributed by atoms with Crippen molar-refractivity contribution in [1.29, 1.82) is 0 Å². The zero-order valence-corrected chi connectivity index (χ0v) is 11.4. The van der Waals surface area contributed by atoms with Crippen LogP contribution in [0.2, 0.25) is 0 Å². The lowest BCUT2D eigenvalue weighted by molar-refractivity contribution is 0.0713. The molecule has 0 spiro atoms. The fourth-order valence-electron chi connectivity index (χ4n) is 2.40. The monoisotopic (exact) mass is 250 g/mol. The molecule has 0 radical (unpaired) electrons. The molecule has 5 nitrogen and oxygen atoms in total.